The molecule has 0 bridgehead atoms. The molecule has 3 rings (SSSR count). The van der Waals surface area contributed by atoms with Gasteiger partial charge < -0.3 is 10.6 Å². The first-order chi connectivity index (χ1) is 13.1. The quantitative estimate of drug-likeness (QED) is 0.602. The lowest BCUT2D eigenvalue weighted by Crippen LogP contribution is -2.13. The number of carbonyl (C=O) groups is 1. The van der Waals surface area contributed by atoms with Crippen LogP contribution in [0.4, 0.5) is 11.4 Å². The lowest BCUT2D eigenvalue weighted by Gasteiger charge is -2.10. The van der Waals surface area contributed by atoms with Crippen LogP contribution in [0.3, 0.4) is 0 Å². The SMILES string of the molecule is Cc1cccc(NC(=O)c2ccc(NC=C(C#N)c3nn[nH]n3)cc2)c1C. The van der Waals surface area contributed by atoms with E-state index in [1.807, 2.05) is 38.1 Å². The number of nitrogens with zero attached hydrogens (tertiary/aromatic N) is 4. The van der Waals surface area contributed by atoms with Crippen molar-refractivity contribution in [1.29, 1.82) is 5.26 Å². The summed E-state index contributed by atoms with van der Waals surface area (Å²) in [7, 11) is 0. The van der Waals surface area contributed by atoms with Gasteiger partial charge in [-0.05, 0) is 60.5 Å². The number of tetrazole rings is 1. The van der Waals surface area contributed by atoms with Gasteiger partial charge in [0, 0.05) is 23.1 Å². The van der Waals surface area contributed by atoms with Gasteiger partial charge in [0.2, 0.25) is 5.82 Å². The summed E-state index contributed by atoms with van der Waals surface area (Å²) in [5.41, 5.74) is 4.44. The highest BCUT2D eigenvalue weighted by Crippen LogP contribution is 2.19. The molecule has 1 amide bonds. The second-order valence-electron chi connectivity index (χ2n) is 5.83. The predicted molar refractivity (Wildman–Crippen MR) is 102 cm³/mol. The van der Waals surface area contributed by atoms with Crippen LogP contribution >= 0.6 is 0 Å². The van der Waals surface area contributed by atoms with Crippen LogP contribution in [0.5, 0.6) is 0 Å². The van der Waals surface area contributed by atoms with Gasteiger partial charge in [-0.25, -0.2) is 0 Å². The summed E-state index contributed by atoms with van der Waals surface area (Å²) in [6, 6.07) is 14.7. The third-order valence-corrected chi connectivity index (χ3v) is 4.09. The number of anilines is 2. The summed E-state index contributed by atoms with van der Waals surface area (Å²) in [5, 5.41) is 28.3. The third-order valence-electron chi connectivity index (χ3n) is 4.09. The molecular formula is C19H17N7O. The number of H-pyrrole nitrogens is 1. The molecule has 0 radical (unpaired) electrons. The molecule has 0 fully saturated rings. The first-order valence-corrected chi connectivity index (χ1v) is 8.16. The number of aryl methyl sites for hydroxylation is 1. The summed E-state index contributed by atoms with van der Waals surface area (Å²) < 4.78 is 0. The molecule has 0 unspecified atom stereocenters. The fourth-order valence-electron chi connectivity index (χ4n) is 2.38. The van der Waals surface area contributed by atoms with Crippen LogP contribution in [0.1, 0.15) is 27.3 Å². The number of aromatic nitrogens is 4. The molecule has 1 heterocycles. The molecule has 3 N–H and O–H groups in total. The average Bonchev–Trinajstić information content (AvgIpc) is 3.21. The van der Waals surface area contributed by atoms with Crippen LogP contribution in [0.15, 0.2) is 48.7 Å². The van der Waals surface area contributed by atoms with Crippen molar-refractivity contribution in [2.24, 2.45) is 0 Å². The molecule has 0 atom stereocenters. The minimum Gasteiger partial charge on any atom is -0.360 e. The normalized spacial score (nSPS) is 10.9. The van der Waals surface area contributed by atoms with Crippen molar-refractivity contribution >= 4 is 22.9 Å². The van der Waals surface area contributed by atoms with E-state index in [0.717, 1.165) is 22.5 Å². The maximum atomic E-state index is 12.4. The third kappa shape index (κ3) is 4.16. The van der Waals surface area contributed by atoms with E-state index in [1.54, 1.807) is 24.3 Å². The van der Waals surface area contributed by atoms with Crippen LogP contribution in [0.25, 0.3) is 5.57 Å². The van der Waals surface area contributed by atoms with Crippen molar-refractivity contribution in [3.05, 3.63) is 71.2 Å². The zero-order valence-electron chi connectivity index (χ0n) is 14.8. The van der Waals surface area contributed by atoms with Crippen LogP contribution in [-0.2, 0) is 0 Å². The second-order valence-corrected chi connectivity index (χ2v) is 5.83. The minimum absolute atomic E-state index is 0.185. The maximum absolute atomic E-state index is 12.4. The highest BCUT2D eigenvalue weighted by atomic mass is 16.1. The largest absolute Gasteiger partial charge is 0.360 e. The molecule has 2 aromatic carbocycles. The van der Waals surface area contributed by atoms with Gasteiger partial charge in [0.25, 0.3) is 5.91 Å². The van der Waals surface area contributed by atoms with Gasteiger partial charge in [-0.2, -0.15) is 10.5 Å². The standard InChI is InChI=1S/C19H17N7O/c1-12-4-3-5-17(13(12)2)22-19(27)14-6-8-16(9-7-14)21-11-15(10-20)18-23-25-26-24-18/h3-9,11,21H,1-2H3,(H,22,27)(H,23,24,25,26). The highest BCUT2D eigenvalue weighted by Gasteiger charge is 2.09. The van der Waals surface area contributed by atoms with E-state index >= 15 is 0 Å². The van der Waals surface area contributed by atoms with Crippen molar-refractivity contribution in [1.82, 2.24) is 20.6 Å². The molecule has 0 saturated heterocycles. The maximum Gasteiger partial charge on any atom is 0.255 e. The molecule has 8 heteroatoms. The number of benzene rings is 2. The zero-order chi connectivity index (χ0) is 19.2. The van der Waals surface area contributed by atoms with E-state index in [4.69, 9.17) is 5.26 Å². The number of allylic oxidation sites excluding steroid dienone is 1. The summed E-state index contributed by atoms with van der Waals surface area (Å²) in [4.78, 5) is 12.4. The number of aromatic amines is 1. The molecule has 0 aliphatic heterocycles. The van der Waals surface area contributed by atoms with Gasteiger partial charge in [0.05, 0.1) is 0 Å². The Morgan fingerprint density at radius 3 is 2.63 bits per heavy atom. The monoisotopic (exact) mass is 359 g/mol. The zero-order valence-corrected chi connectivity index (χ0v) is 14.8. The highest BCUT2D eigenvalue weighted by molar-refractivity contribution is 6.04. The number of hydrogen-bond donors (Lipinski definition) is 3. The number of hydrogen-bond acceptors (Lipinski definition) is 6. The van der Waals surface area contributed by atoms with E-state index in [2.05, 4.69) is 31.3 Å². The Labute approximate surface area is 155 Å². The Hall–Kier alpha value is -3.99. The van der Waals surface area contributed by atoms with Crippen LogP contribution in [0, 0.1) is 25.2 Å². The summed E-state index contributed by atoms with van der Waals surface area (Å²) in [5.74, 6) is 0.0184. The molecule has 8 nitrogen and oxygen atoms in total. The summed E-state index contributed by atoms with van der Waals surface area (Å²) in [6.45, 7) is 3.98. The first kappa shape index (κ1) is 17.8. The molecular weight excluding hydrogens is 342 g/mol. The lowest BCUT2D eigenvalue weighted by atomic mass is 10.1. The van der Waals surface area contributed by atoms with Gasteiger partial charge in [-0.3, -0.25) is 4.79 Å². The van der Waals surface area contributed by atoms with E-state index in [-0.39, 0.29) is 17.3 Å². The van der Waals surface area contributed by atoms with Crippen LogP contribution < -0.4 is 10.6 Å². The van der Waals surface area contributed by atoms with Crippen LogP contribution in [0.2, 0.25) is 0 Å². The van der Waals surface area contributed by atoms with Crippen molar-refractivity contribution in [2.75, 3.05) is 10.6 Å². The van der Waals surface area contributed by atoms with Crippen molar-refractivity contribution in [3.63, 3.8) is 0 Å². The molecule has 1 aromatic heterocycles. The number of nitrogens with one attached hydrogen (secondary N) is 3. The van der Waals surface area contributed by atoms with Gasteiger partial charge in [0.1, 0.15) is 11.6 Å². The minimum atomic E-state index is -0.185. The molecule has 3 aromatic rings. The smallest absolute Gasteiger partial charge is 0.255 e. The molecule has 0 spiro atoms. The predicted octanol–water partition coefficient (Wildman–Crippen LogP) is 3.05. The van der Waals surface area contributed by atoms with Gasteiger partial charge in [-0.15, -0.1) is 10.2 Å². The topological polar surface area (TPSA) is 119 Å². The molecule has 0 saturated carbocycles. The van der Waals surface area contributed by atoms with Crippen molar-refractivity contribution in [3.8, 4) is 6.07 Å². The fraction of sp³-hybridized carbons (Fsp3) is 0.105. The second kappa shape index (κ2) is 7.93. The van der Waals surface area contributed by atoms with E-state index in [9.17, 15) is 4.79 Å². The Bertz CT molecular complexity index is 1020. The molecule has 0 aliphatic rings. The van der Waals surface area contributed by atoms with Crippen molar-refractivity contribution in [2.45, 2.75) is 13.8 Å². The van der Waals surface area contributed by atoms with Crippen molar-refractivity contribution < 1.29 is 4.79 Å². The molecule has 134 valence electrons. The van der Waals surface area contributed by atoms with E-state index in [0.29, 0.717) is 5.56 Å². The van der Waals surface area contributed by atoms with Crippen LogP contribution in [-0.4, -0.2) is 26.5 Å². The molecule has 27 heavy (non-hydrogen) atoms. The summed E-state index contributed by atoms with van der Waals surface area (Å²) in [6.07, 6.45) is 1.48. The van der Waals surface area contributed by atoms with E-state index < -0.39 is 0 Å². The summed E-state index contributed by atoms with van der Waals surface area (Å²) >= 11 is 0. The Morgan fingerprint density at radius 1 is 1.19 bits per heavy atom. The van der Waals surface area contributed by atoms with Gasteiger partial charge in [-0.1, -0.05) is 12.1 Å². The average molecular weight is 359 g/mol. The van der Waals surface area contributed by atoms with Gasteiger partial charge >= 0.3 is 0 Å². The molecule has 0 aliphatic carbocycles. The number of rotatable bonds is 5. The fourth-order valence-corrected chi connectivity index (χ4v) is 2.38. The van der Waals surface area contributed by atoms with E-state index in [1.165, 1.54) is 6.20 Å². The number of amides is 1. The Balaban J connectivity index is 1.69. The Morgan fingerprint density at radius 2 is 1.96 bits per heavy atom. The Kier molecular flexibility index (Phi) is 5.23. The number of nitriles is 1. The lowest BCUT2D eigenvalue weighted by molar-refractivity contribution is 0.102. The van der Waals surface area contributed by atoms with Gasteiger partial charge in [0.15, 0.2) is 0 Å². The number of carbonyl (C=O) groups excluding carboxylic acids is 1. The first-order valence-electron chi connectivity index (χ1n) is 8.16.